The van der Waals surface area contributed by atoms with Crippen LogP contribution in [0.3, 0.4) is 0 Å². The van der Waals surface area contributed by atoms with Crippen molar-refractivity contribution in [3.05, 3.63) is 12.7 Å². The van der Waals surface area contributed by atoms with Gasteiger partial charge in [-0.05, 0) is 36.3 Å². The summed E-state index contributed by atoms with van der Waals surface area (Å²) in [6.45, 7) is 22.0. The van der Waals surface area contributed by atoms with E-state index in [4.69, 9.17) is 28.8 Å². The van der Waals surface area contributed by atoms with Gasteiger partial charge in [0, 0.05) is 0 Å². The van der Waals surface area contributed by atoms with Gasteiger partial charge in [0.2, 0.25) is 0 Å². The molecule has 1 saturated heterocycles. The lowest BCUT2D eigenvalue weighted by Gasteiger charge is -2.41. The highest BCUT2D eigenvalue weighted by Crippen LogP contribution is 2.44. The second kappa shape index (κ2) is 10.9. The molecule has 0 bridgehead atoms. The minimum absolute atomic E-state index is 0.0244. The summed E-state index contributed by atoms with van der Waals surface area (Å²) >= 11 is 0. The molecule has 11 nitrogen and oxygen atoms in total. The predicted molar refractivity (Wildman–Crippen MR) is 151 cm³/mol. The molecular weight excluding hydrogens is 522 g/mol. The Kier molecular flexibility index (Phi) is 8.81. The fourth-order valence-corrected chi connectivity index (χ4v) is 6.02. The van der Waals surface area contributed by atoms with Crippen LogP contribution >= 0.6 is 0 Å². The number of esters is 1. The van der Waals surface area contributed by atoms with Gasteiger partial charge in [0.25, 0.3) is 0 Å². The number of imidazole rings is 1. The van der Waals surface area contributed by atoms with E-state index < -0.39 is 47.1 Å². The molecule has 2 aromatic rings. The molecule has 0 unspecified atom stereocenters. The Balaban J connectivity index is 2.06. The van der Waals surface area contributed by atoms with Crippen LogP contribution < -0.4 is 5.73 Å². The maximum atomic E-state index is 12.1. The lowest BCUT2D eigenvalue weighted by molar-refractivity contribution is -0.152. The smallest absolute Gasteiger partial charge is 0.331 e. The van der Waals surface area contributed by atoms with Crippen molar-refractivity contribution in [2.45, 2.75) is 102 Å². The Labute approximate surface area is 228 Å². The van der Waals surface area contributed by atoms with Crippen LogP contribution in [0.5, 0.6) is 0 Å². The zero-order valence-electron chi connectivity index (χ0n) is 24.7. The van der Waals surface area contributed by atoms with Crippen LogP contribution in [0.25, 0.3) is 11.2 Å². The molecule has 4 atom stereocenters. The Morgan fingerprint density at radius 2 is 1.66 bits per heavy atom. The fraction of sp³-hybridized carbons (Fsp3) is 0.760. The molecule has 3 rings (SSSR count). The molecule has 0 aliphatic carbocycles. The van der Waals surface area contributed by atoms with Crippen molar-refractivity contribution in [1.29, 1.82) is 0 Å². The summed E-state index contributed by atoms with van der Waals surface area (Å²) in [5.74, 6) is -0.219. The topological polar surface area (TPSA) is 133 Å². The Morgan fingerprint density at radius 3 is 2.24 bits per heavy atom. The number of anilines is 1. The van der Waals surface area contributed by atoms with Gasteiger partial charge >= 0.3 is 5.97 Å². The van der Waals surface area contributed by atoms with Gasteiger partial charge in [-0.1, -0.05) is 41.5 Å². The summed E-state index contributed by atoms with van der Waals surface area (Å²) in [4.78, 5) is 25.0. The first-order valence-electron chi connectivity index (χ1n) is 13.0. The van der Waals surface area contributed by atoms with Gasteiger partial charge in [0.1, 0.15) is 36.8 Å². The summed E-state index contributed by atoms with van der Waals surface area (Å²) < 4.78 is 33.0. The van der Waals surface area contributed by atoms with Gasteiger partial charge in [0.05, 0.1) is 20.0 Å². The number of methoxy groups -OCH3 is 1. The number of rotatable bonds is 9. The average molecular weight is 568 g/mol. The molecule has 2 N–H and O–H groups in total. The number of aromatic nitrogens is 4. The predicted octanol–water partition coefficient (Wildman–Crippen LogP) is 4.28. The van der Waals surface area contributed by atoms with E-state index in [0.717, 1.165) is 0 Å². The molecule has 0 aromatic carbocycles. The van der Waals surface area contributed by atoms with Gasteiger partial charge < -0.3 is 28.8 Å². The van der Waals surface area contributed by atoms with E-state index in [1.807, 2.05) is 0 Å². The highest BCUT2D eigenvalue weighted by molar-refractivity contribution is 6.74. The molecule has 0 amide bonds. The van der Waals surface area contributed by atoms with Gasteiger partial charge in [-0.15, -0.1) is 0 Å². The lowest BCUT2D eigenvalue weighted by Crippen LogP contribution is -2.51. The third-order valence-electron chi connectivity index (χ3n) is 8.22. The van der Waals surface area contributed by atoms with Crippen LogP contribution in [0, 0.1) is 0 Å². The van der Waals surface area contributed by atoms with Crippen molar-refractivity contribution in [3.8, 4) is 0 Å². The molecule has 2 aromatic heterocycles. The molecule has 0 saturated carbocycles. The Hall–Kier alpha value is -1.91. The third kappa shape index (κ3) is 6.28. The van der Waals surface area contributed by atoms with Crippen molar-refractivity contribution < 1.29 is 27.9 Å². The van der Waals surface area contributed by atoms with E-state index in [9.17, 15) is 4.79 Å². The highest BCUT2D eigenvalue weighted by atomic mass is 28.4. The molecule has 214 valence electrons. The Morgan fingerprint density at radius 1 is 1.03 bits per heavy atom. The van der Waals surface area contributed by atoms with Gasteiger partial charge in [-0.2, -0.15) is 0 Å². The summed E-state index contributed by atoms with van der Waals surface area (Å²) in [5, 5.41) is -0.0389. The molecule has 1 aliphatic heterocycles. The number of fused-ring (bicyclic) bond motifs is 1. The van der Waals surface area contributed by atoms with Gasteiger partial charge in [-0.25, -0.2) is 19.7 Å². The van der Waals surface area contributed by atoms with E-state index in [-0.39, 0.29) is 22.5 Å². The van der Waals surface area contributed by atoms with Crippen LogP contribution in [0.1, 0.15) is 47.8 Å². The van der Waals surface area contributed by atoms with E-state index in [1.165, 1.54) is 13.4 Å². The average Bonchev–Trinajstić information content (AvgIpc) is 3.36. The van der Waals surface area contributed by atoms with Crippen LogP contribution in [0.4, 0.5) is 5.82 Å². The molecule has 0 radical (unpaired) electrons. The van der Waals surface area contributed by atoms with Gasteiger partial charge in [-0.3, -0.25) is 4.57 Å². The second-order valence-corrected chi connectivity index (χ2v) is 22.5. The minimum atomic E-state index is -2.30. The van der Waals surface area contributed by atoms with Crippen LogP contribution in [0.15, 0.2) is 12.7 Å². The molecule has 3 heterocycles. The van der Waals surface area contributed by atoms with Crippen molar-refractivity contribution in [3.63, 3.8) is 0 Å². The largest absolute Gasteiger partial charge is 0.467 e. The first kappa shape index (κ1) is 30.6. The van der Waals surface area contributed by atoms with E-state index >= 15 is 0 Å². The fourth-order valence-electron chi connectivity index (χ4n) is 3.69. The number of nitrogens with zero attached hydrogens (tertiary/aromatic N) is 4. The van der Waals surface area contributed by atoms with E-state index in [0.29, 0.717) is 17.8 Å². The monoisotopic (exact) mass is 567 g/mol. The van der Waals surface area contributed by atoms with Crippen molar-refractivity contribution >= 4 is 39.6 Å². The van der Waals surface area contributed by atoms with Crippen LogP contribution in [-0.2, 0) is 27.9 Å². The number of nitrogens with two attached hydrogens (primary N) is 1. The zero-order chi connectivity index (χ0) is 28.7. The van der Waals surface area contributed by atoms with Gasteiger partial charge in [0.15, 0.2) is 34.3 Å². The number of nitrogen functional groups attached to an aromatic ring is 1. The summed E-state index contributed by atoms with van der Waals surface area (Å²) in [5.41, 5.74) is 7.02. The molecule has 1 aliphatic rings. The summed E-state index contributed by atoms with van der Waals surface area (Å²) in [7, 11) is -3.06. The zero-order valence-corrected chi connectivity index (χ0v) is 26.7. The number of hydrogen-bond acceptors (Lipinski definition) is 10. The summed E-state index contributed by atoms with van der Waals surface area (Å²) in [6.07, 6.45) is 0.674. The lowest BCUT2D eigenvalue weighted by atomic mass is 10.1. The Bertz CT molecular complexity index is 1130. The van der Waals surface area contributed by atoms with E-state index in [1.54, 1.807) is 10.9 Å². The number of ether oxygens (including phenoxy) is 3. The SMILES string of the molecule is COC(=O)CO[C@@H]1[C@H](O[Si](C)(C)C(C)(C)C)[C@@H](CO[Si](C)(C)C(C)(C)C)O[C@H]1n1cnc2c(N)ncnc21. The molecular formula is C25H45N5O6Si2. The van der Waals surface area contributed by atoms with Crippen molar-refractivity contribution in [2.75, 3.05) is 26.1 Å². The van der Waals surface area contributed by atoms with Crippen molar-refractivity contribution in [2.24, 2.45) is 0 Å². The van der Waals surface area contributed by atoms with Crippen LogP contribution in [0.2, 0.25) is 36.3 Å². The molecule has 1 fully saturated rings. The van der Waals surface area contributed by atoms with Crippen LogP contribution in [-0.4, -0.2) is 80.8 Å². The number of hydrogen-bond donors (Lipinski definition) is 1. The van der Waals surface area contributed by atoms with E-state index in [2.05, 4.69) is 82.7 Å². The maximum absolute atomic E-state index is 12.1. The standard InChI is InChI=1S/C25H45N5O6Si2/c1-24(2,3)37(8,9)34-12-16-19(36-38(10,11)25(4,5)6)20(33-13-17(31)32-7)23(35-16)30-15-29-18-21(26)27-14-28-22(18)30/h14-16,19-20,23H,12-13H2,1-11H3,(H2,26,27,28)/t16-,19-,20-,23-/m1/s1. The third-order valence-corrected chi connectivity index (χ3v) is 17.2. The molecule has 13 heteroatoms. The first-order valence-corrected chi connectivity index (χ1v) is 18.8. The second-order valence-electron chi connectivity index (χ2n) is 12.9. The number of carbonyl (C=O) groups is 1. The summed E-state index contributed by atoms with van der Waals surface area (Å²) in [6, 6.07) is 0. The highest BCUT2D eigenvalue weighted by Gasteiger charge is 2.53. The molecule has 38 heavy (non-hydrogen) atoms. The normalized spacial score (nSPS) is 23.2. The minimum Gasteiger partial charge on any atom is -0.467 e. The first-order chi connectivity index (χ1) is 17.4. The maximum Gasteiger partial charge on any atom is 0.331 e. The van der Waals surface area contributed by atoms with Crippen molar-refractivity contribution in [1.82, 2.24) is 19.5 Å². The number of carbonyl (C=O) groups excluding carboxylic acids is 1. The quantitative estimate of drug-likeness (QED) is 0.346. The molecule has 0 spiro atoms.